The van der Waals surface area contributed by atoms with Gasteiger partial charge >= 0.3 is 0 Å². The summed E-state index contributed by atoms with van der Waals surface area (Å²) in [5.74, 6) is -0.544. The van der Waals surface area contributed by atoms with E-state index in [1.807, 2.05) is 0 Å². The van der Waals surface area contributed by atoms with Gasteiger partial charge in [-0.05, 0) is 12.1 Å². The predicted octanol–water partition coefficient (Wildman–Crippen LogP) is 0.821. The van der Waals surface area contributed by atoms with Crippen LogP contribution < -0.4 is 11.2 Å². The Bertz CT molecular complexity index is 571. The van der Waals surface area contributed by atoms with E-state index >= 15 is 0 Å². The van der Waals surface area contributed by atoms with Crippen molar-refractivity contribution in [1.82, 2.24) is 0 Å². The van der Waals surface area contributed by atoms with Crippen molar-refractivity contribution in [2.24, 2.45) is 5.73 Å². The molecule has 0 fully saturated rings. The molecule has 15 heavy (non-hydrogen) atoms. The lowest BCUT2D eigenvalue weighted by molar-refractivity contribution is -0.117. The van der Waals surface area contributed by atoms with Crippen LogP contribution in [0.15, 0.2) is 39.7 Å². The lowest BCUT2D eigenvalue weighted by Gasteiger charge is -1.99. The fourth-order valence-corrected chi connectivity index (χ4v) is 1.43. The SMILES string of the molecule is NC(=O)Cc1coc2ccccc2c1=O. The van der Waals surface area contributed by atoms with Crippen molar-refractivity contribution in [3.63, 3.8) is 0 Å². The van der Waals surface area contributed by atoms with E-state index in [1.54, 1.807) is 24.3 Å². The van der Waals surface area contributed by atoms with E-state index in [0.29, 0.717) is 16.5 Å². The molecule has 2 aromatic rings. The summed E-state index contributed by atoms with van der Waals surface area (Å²) in [5.41, 5.74) is 5.62. The van der Waals surface area contributed by atoms with Crippen molar-refractivity contribution < 1.29 is 9.21 Å². The highest BCUT2D eigenvalue weighted by molar-refractivity contribution is 5.80. The number of carbonyl (C=O) groups excluding carboxylic acids is 1. The Balaban J connectivity index is 2.65. The van der Waals surface area contributed by atoms with Gasteiger partial charge in [0.05, 0.1) is 18.1 Å². The number of carbonyl (C=O) groups is 1. The molecule has 2 N–H and O–H groups in total. The number of para-hydroxylation sites is 1. The average molecular weight is 203 g/mol. The number of benzene rings is 1. The zero-order valence-electron chi connectivity index (χ0n) is 7.90. The molecule has 0 radical (unpaired) electrons. The summed E-state index contributed by atoms with van der Waals surface area (Å²) in [7, 11) is 0. The van der Waals surface area contributed by atoms with Gasteiger partial charge < -0.3 is 10.2 Å². The second-order valence-corrected chi connectivity index (χ2v) is 3.23. The minimum absolute atomic E-state index is 0.0901. The van der Waals surface area contributed by atoms with Gasteiger partial charge in [-0.15, -0.1) is 0 Å². The molecule has 4 nitrogen and oxygen atoms in total. The van der Waals surface area contributed by atoms with Crippen LogP contribution in [0.3, 0.4) is 0 Å². The Kier molecular flexibility index (Phi) is 2.25. The molecule has 1 aromatic heterocycles. The Morgan fingerprint density at radius 1 is 1.33 bits per heavy atom. The predicted molar refractivity (Wildman–Crippen MR) is 55.4 cm³/mol. The van der Waals surface area contributed by atoms with Crippen molar-refractivity contribution >= 4 is 16.9 Å². The molecule has 0 atom stereocenters. The van der Waals surface area contributed by atoms with Crippen LogP contribution in [-0.4, -0.2) is 5.91 Å². The first-order valence-electron chi connectivity index (χ1n) is 4.46. The van der Waals surface area contributed by atoms with E-state index in [4.69, 9.17) is 10.2 Å². The maximum absolute atomic E-state index is 11.8. The van der Waals surface area contributed by atoms with Crippen LogP contribution >= 0.6 is 0 Å². The van der Waals surface area contributed by atoms with E-state index in [0.717, 1.165) is 0 Å². The number of primary amides is 1. The summed E-state index contributed by atoms with van der Waals surface area (Å²) < 4.78 is 5.22. The summed E-state index contributed by atoms with van der Waals surface area (Å²) >= 11 is 0. The van der Waals surface area contributed by atoms with E-state index in [1.165, 1.54) is 6.26 Å². The number of nitrogens with two attached hydrogens (primary N) is 1. The number of rotatable bonds is 2. The topological polar surface area (TPSA) is 73.3 Å². The third-order valence-electron chi connectivity index (χ3n) is 2.12. The molecule has 1 amide bonds. The molecule has 0 unspecified atom stereocenters. The van der Waals surface area contributed by atoms with Gasteiger partial charge in [0.1, 0.15) is 5.58 Å². The molecule has 1 heterocycles. The van der Waals surface area contributed by atoms with Crippen LogP contribution in [0, 0.1) is 0 Å². The van der Waals surface area contributed by atoms with Crippen molar-refractivity contribution in [3.8, 4) is 0 Å². The van der Waals surface area contributed by atoms with Crippen molar-refractivity contribution in [2.45, 2.75) is 6.42 Å². The Morgan fingerprint density at radius 3 is 2.80 bits per heavy atom. The standard InChI is InChI=1S/C11H9NO3/c12-10(13)5-7-6-15-9-4-2-1-3-8(9)11(7)14/h1-4,6H,5H2,(H2,12,13). The Labute approximate surface area is 85.3 Å². The van der Waals surface area contributed by atoms with Gasteiger partial charge in [0, 0.05) is 5.56 Å². The lowest BCUT2D eigenvalue weighted by atomic mass is 10.1. The van der Waals surface area contributed by atoms with E-state index in [9.17, 15) is 9.59 Å². The minimum Gasteiger partial charge on any atom is -0.464 e. The summed E-state index contributed by atoms with van der Waals surface area (Å²) in [5, 5.41) is 0.469. The van der Waals surface area contributed by atoms with E-state index in [2.05, 4.69) is 0 Å². The minimum atomic E-state index is -0.544. The third-order valence-corrected chi connectivity index (χ3v) is 2.12. The van der Waals surface area contributed by atoms with Crippen LogP contribution in [0.4, 0.5) is 0 Å². The van der Waals surface area contributed by atoms with Gasteiger partial charge in [0.2, 0.25) is 5.91 Å². The molecule has 0 aliphatic rings. The molecule has 0 saturated carbocycles. The first-order valence-corrected chi connectivity index (χ1v) is 4.46. The monoisotopic (exact) mass is 203 g/mol. The van der Waals surface area contributed by atoms with Crippen LogP contribution in [0.1, 0.15) is 5.56 Å². The molecular formula is C11H9NO3. The molecule has 0 bridgehead atoms. The molecule has 4 heteroatoms. The van der Waals surface area contributed by atoms with Crippen molar-refractivity contribution in [2.75, 3.05) is 0 Å². The molecule has 1 aromatic carbocycles. The summed E-state index contributed by atoms with van der Waals surface area (Å²) in [6.07, 6.45) is 1.20. The summed E-state index contributed by atoms with van der Waals surface area (Å²) in [4.78, 5) is 22.5. The summed E-state index contributed by atoms with van der Waals surface area (Å²) in [6, 6.07) is 6.88. The van der Waals surface area contributed by atoms with Gasteiger partial charge in [0.15, 0.2) is 5.43 Å². The second-order valence-electron chi connectivity index (χ2n) is 3.23. The first kappa shape index (κ1) is 9.45. The maximum atomic E-state index is 11.8. The normalized spacial score (nSPS) is 10.4. The number of hydrogen-bond donors (Lipinski definition) is 1. The highest BCUT2D eigenvalue weighted by Gasteiger charge is 2.08. The second kappa shape index (κ2) is 3.57. The summed E-state index contributed by atoms with van der Waals surface area (Å²) in [6.45, 7) is 0. The molecule has 0 aliphatic heterocycles. The Hall–Kier alpha value is -2.10. The fraction of sp³-hybridized carbons (Fsp3) is 0.0909. The zero-order chi connectivity index (χ0) is 10.8. The van der Waals surface area contributed by atoms with Gasteiger partial charge in [-0.1, -0.05) is 12.1 Å². The van der Waals surface area contributed by atoms with Crippen LogP contribution in [0.25, 0.3) is 11.0 Å². The van der Waals surface area contributed by atoms with Crippen LogP contribution in [0.5, 0.6) is 0 Å². The molecule has 0 spiro atoms. The quantitative estimate of drug-likeness (QED) is 0.785. The number of fused-ring (bicyclic) bond motifs is 1. The molecule has 0 aliphatic carbocycles. The van der Waals surface area contributed by atoms with Crippen LogP contribution in [0.2, 0.25) is 0 Å². The molecule has 2 rings (SSSR count). The van der Waals surface area contributed by atoms with Gasteiger partial charge in [-0.2, -0.15) is 0 Å². The number of hydrogen-bond acceptors (Lipinski definition) is 3. The Morgan fingerprint density at radius 2 is 2.07 bits per heavy atom. The molecular weight excluding hydrogens is 194 g/mol. The smallest absolute Gasteiger partial charge is 0.222 e. The fourth-order valence-electron chi connectivity index (χ4n) is 1.43. The van der Waals surface area contributed by atoms with Crippen LogP contribution in [-0.2, 0) is 11.2 Å². The first-order chi connectivity index (χ1) is 7.18. The highest BCUT2D eigenvalue weighted by atomic mass is 16.3. The lowest BCUT2D eigenvalue weighted by Crippen LogP contribution is -2.19. The average Bonchev–Trinajstić information content (AvgIpc) is 2.22. The van der Waals surface area contributed by atoms with E-state index < -0.39 is 5.91 Å². The third kappa shape index (κ3) is 1.74. The highest BCUT2D eigenvalue weighted by Crippen LogP contribution is 2.10. The van der Waals surface area contributed by atoms with Gasteiger partial charge in [-0.25, -0.2) is 0 Å². The van der Waals surface area contributed by atoms with Gasteiger partial charge in [-0.3, -0.25) is 9.59 Å². The largest absolute Gasteiger partial charge is 0.464 e. The van der Waals surface area contributed by atoms with E-state index in [-0.39, 0.29) is 11.8 Å². The van der Waals surface area contributed by atoms with Gasteiger partial charge in [0.25, 0.3) is 0 Å². The number of amides is 1. The van der Waals surface area contributed by atoms with Crippen molar-refractivity contribution in [1.29, 1.82) is 0 Å². The van der Waals surface area contributed by atoms with Crippen molar-refractivity contribution in [3.05, 3.63) is 46.3 Å². The maximum Gasteiger partial charge on any atom is 0.222 e. The zero-order valence-corrected chi connectivity index (χ0v) is 7.90. The molecule has 0 saturated heterocycles. The molecule has 76 valence electrons.